The van der Waals surface area contributed by atoms with Gasteiger partial charge in [-0.1, -0.05) is 6.07 Å². The largest absolute Gasteiger partial charge is 0.369 e. The van der Waals surface area contributed by atoms with Gasteiger partial charge in [-0.3, -0.25) is 9.59 Å². The number of carbonyl (C=O) groups excluding carboxylic acids is 2. The summed E-state index contributed by atoms with van der Waals surface area (Å²) in [5, 5.41) is 5.22. The van der Waals surface area contributed by atoms with Gasteiger partial charge in [-0.05, 0) is 24.3 Å². The lowest BCUT2D eigenvalue weighted by Crippen LogP contribution is -2.30. The number of hydrogen-bond donors (Lipinski definition) is 2. The van der Waals surface area contributed by atoms with Gasteiger partial charge in [0.2, 0.25) is 0 Å². The minimum absolute atomic E-state index is 0.00979. The zero-order chi connectivity index (χ0) is 20.5. The molecule has 146 valence electrons. The number of fused-ring (bicyclic) bond motifs is 1. The van der Waals surface area contributed by atoms with E-state index in [1.54, 1.807) is 0 Å². The van der Waals surface area contributed by atoms with Crippen molar-refractivity contribution in [1.82, 2.24) is 5.32 Å². The zero-order valence-electron chi connectivity index (χ0n) is 14.7. The number of carbonyl (C=O) groups is 2. The minimum Gasteiger partial charge on any atom is -0.369 e. The highest BCUT2D eigenvalue weighted by atomic mass is 19.2. The zero-order valence-corrected chi connectivity index (χ0v) is 14.7. The van der Waals surface area contributed by atoms with Gasteiger partial charge in [-0.2, -0.15) is 0 Å². The van der Waals surface area contributed by atoms with Crippen LogP contribution in [0.1, 0.15) is 20.7 Å². The molecule has 2 atom stereocenters. The second-order valence-electron chi connectivity index (χ2n) is 6.41. The van der Waals surface area contributed by atoms with Crippen molar-refractivity contribution in [2.45, 2.75) is 6.17 Å². The molecule has 2 N–H and O–H groups in total. The van der Waals surface area contributed by atoms with Crippen molar-refractivity contribution in [3.63, 3.8) is 0 Å². The number of nitrogens with one attached hydrogen (secondary N) is 2. The SMILES string of the molecule is O=C(Nc1cc(F)c(F)c(C(=O)C2=CNC3N=CN=CC23)c1)c1cccc(F)c1. The van der Waals surface area contributed by atoms with Crippen molar-refractivity contribution in [3.8, 4) is 0 Å². The van der Waals surface area contributed by atoms with E-state index in [4.69, 9.17) is 0 Å². The monoisotopic (exact) mass is 398 g/mol. The van der Waals surface area contributed by atoms with Gasteiger partial charge in [0, 0.05) is 35.3 Å². The van der Waals surface area contributed by atoms with Gasteiger partial charge in [0.15, 0.2) is 17.4 Å². The van der Waals surface area contributed by atoms with Crippen molar-refractivity contribution < 1.29 is 22.8 Å². The van der Waals surface area contributed by atoms with Crippen molar-refractivity contribution in [3.05, 3.63) is 76.7 Å². The van der Waals surface area contributed by atoms with E-state index >= 15 is 0 Å². The molecule has 9 heteroatoms. The average molecular weight is 398 g/mol. The van der Waals surface area contributed by atoms with Gasteiger partial charge >= 0.3 is 0 Å². The highest BCUT2D eigenvalue weighted by Crippen LogP contribution is 2.28. The molecule has 6 nitrogen and oxygen atoms in total. The number of benzene rings is 2. The summed E-state index contributed by atoms with van der Waals surface area (Å²) in [4.78, 5) is 33.0. The molecule has 0 fully saturated rings. The number of halogens is 3. The Hall–Kier alpha value is -3.75. The molecule has 2 aliphatic heterocycles. The van der Waals surface area contributed by atoms with E-state index in [0.29, 0.717) is 0 Å². The van der Waals surface area contributed by atoms with Crippen molar-refractivity contribution in [1.29, 1.82) is 0 Å². The van der Waals surface area contributed by atoms with Crippen LogP contribution in [0.4, 0.5) is 18.9 Å². The predicted molar refractivity (Wildman–Crippen MR) is 101 cm³/mol. The summed E-state index contributed by atoms with van der Waals surface area (Å²) in [6.45, 7) is 0. The number of nitrogens with zero attached hydrogens (tertiary/aromatic N) is 2. The maximum Gasteiger partial charge on any atom is 0.255 e. The molecule has 0 saturated heterocycles. The summed E-state index contributed by atoms with van der Waals surface area (Å²) in [5.74, 6) is -5.26. The third-order valence-corrected chi connectivity index (χ3v) is 4.53. The third-order valence-electron chi connectivity index (χ3n) is 4.53. The summed E-state index contributed by atoms with van der Waals surface area (Å²) in [7, 11) is 0. The second-order valence-corrected chi connectivity index (χ2v) is 6.41. The molecule has 2 aromatic rings. The number of ketones is 1. The quantitative estimate of drug-likeness (QED) is 0.777. The Morgan fingerprint density at radius 3 is 2.72 bits per heavy atom. The van der Waals surface area contributed by atoms with E-state index in [-0.39, 0.29) is 16.8 Å². The lowest BCUT2D eigenvalue weighted by atomic mass is 9.92. The molecule has 2 heterocycles. The number of amides is 1. The number of Topliss-reactive ketones (excluding diaryl/α,β-unsaturated/α-hetero) is 1. The predicted octanol–water partition coefficient (Wildman–Crippen LogP) is 3.08. The van der Waals surface area contributed by atoms with Crippen LogP contribution in [0.25, 0.3) is 0 Å². The lowest BCUT2D eigenvalue weighted by molar-refractivity contribution is 0.101. The first kappa shape index (κ1) is 18.6. The summed E-state index contributed by atoms with van der Waals surface area (Å²) >= 11 is 0. The molecular weight excluding hydrogens is 385 g/mol. The van der Waals surface area contributed by atoms with Crippen molar-refractivity contribution in [2.75, 3.05) is 5.32 Å². The molecule has 29 heavy (non-hydrogen) atoms. The fourth-order valence-electron chi connectivity index (χ4n) is 3.12. The summed E-state index contributed by atoms with van der Waals surface area (Å²) in [6, 6.07) is 6.66. The Bertz CT molecular complexity index is 1110. The molecule has 1 amide bonds. The maximum atomic E-state index is 14.4. The van der Waals surface area contributed by atoms with Crippen LogP contribution in [0.15, 0.2) is 58.2 Å². The van der Waals surface area contributed by atoms with Crippen molar-refractivity contribution in [2.24, 2.45) is 15.9 Å². The number of anilines is 1. The Morgan fingerprint density at radius 1 is 1.10 bits per heavy atom. The molecule has 0 radical (unpaired) electrons. The molecule has 2 unspecified atom stereocenters. The standard InChI is InChI=1S/C20H13F3N4O2/c21-11-3-1-2-10(4-11)20(29)27-12-5-13(17(23)16(22)6-12)18(28)14-8-25-19-15(14)7-24-9-26-19/h1-9,15,19,25H,(H,27,29). The molecule has 4 rings (SSSR count). The van der Waals surface area contributed by atoms with Crippen LogP contribution in [-0.2, 0) is 0 Å². The Kier molecular flexibility index (Phi) is 4.71. The first-order chi connectivity index (χ1) is 13.9. The van der Waals surface area contributed by atoms with Crippen molar-refractivity contribution >= 4 is 29.9 Å². The van der Waals surface area contributed by atoms with Crippen LogP contribution in [0.2, 0.25) is 0 Å². The molecular formula is C20H13F3N4O2. The fourth-order valence-corrected chi connectivity index (χ4v) is 3.12. The summed E-state index contributed by atoms with van der Waals surface area (Å²) in [5.41, 5.74) is -0.525. The Balaban J connectivity index is 1.62. The average Bonchev–Trinajstić information content (AvgIpc) is 3.14. The van der Waals surface area contributed by atoms with Gasteiger partial charge in [-0.15, -0.1) is 0 Å². The number of rotatable bonds is 4. The van der Waals surface area contributed by atoms with Gasteiger partial charge in [0.25, 0.3) is 5.91 Å². The first-order valence-corrected chi connectivity index (χ1v) is 8.56. The van der Waals surface area contributed by atoms with Crippen LogP contribution in [0.5, 0.6) is 0 Å². The lowest BCUT2D eigenvalue weighted by Gasteiger charge is -2.17. The number of aliphatic imine (C=N–C) groups is 2. The van der Waals surface area contributed by atoms with Crippen LogP contribution in [-0.4, -0.2) is 30.4 Å². The fraction of sp³-hybridized carbons (Fsp3) is 0.100. The highest BCUT2D eigenvalue weighted by Gasteiger charge is 2.35. The second kappa shape index (κ2) is 7.34. The van der Waals surface area contributed by atoms with E-state index < -0.39 is 46.8 Å². The van der Waals surface area contributed by atoms with Crippen LogP contribution < -0.4 is 10.6 Å². The van der Waals surface area contributed by atoms with E-state index in [9.17, 15) is 22.8 Å². The molecule has 2 aromatic carbocycles. The molecule has 0 spiro atoms. The molecule has 2 aliphatic rings. The van der Waals surface area contributed by atoms with E-state index in [1.165, 1.54) is 37.0 Å². The Labute approximate surface area is 162 Å². The minimum atomic E-state index is -1.33. The molecule has 0 saturated carbocycles. The van der Waals surface area contributed by atoms with Gasteiger partial charge in [-0.25, -0.2) is 23.2 Å². The van der Waals surface area contributed by atoms with Crippen LogP contribution in [0, 0.1) is 23.4 Å². The van der Waals surface area contributed by atoms with Crippen LogP contribution >= 0.6 is 0 Å². The maximum absolute atomic E-state index is 14.4. The number of hydrogen-bond acceptors (Lipinski definition) is 5. The normalized spacial score (nSPS) is 19.3. The van der Waals surface area contributed by atoms with Gasteiger partial charge < -0.3 is 10.6 Å². The van der Waals surface area contributed by atoms with Gasteiger partial charge in [0.1, 0.15) is 18.3 Å². The molecule has 0 aromatic heterocycles. The molecule has 0 bridgehead atoms. The summed E-state index contributed by atoms with van der Waals surface area (Å²) in [6.07, 6.45) is 3.78. The van der Waals surface area contributed by atoms with E-state index in [0.717, 1.165) is 18.2 Å². The third kappa shape index (κ3) is 3.54. The first-order valence-electron chi connectivity index (χ1n) is 8.56. The summed E-state index contributed by atoms with van der Waals surface area (Å²) < 4.78 is 41.8. The van der Waals surface area contributed by atoms with E-state index in [1.807, 2.05) is 0 Å². The molecule has 0 aliphatic carbocycles. The topological polar surface area (TPSA) is 82.9 Å². The smallest absolute Gasteiger partial charge is 0.255 e. The Morgan fingerprint density at radius 2 is 1.93 bits per heavy atom. The van der Waals surface area contributed by atoms with Crippen LogP contribution in [0.3, 0.4) is 0 Å². The highest BCUT2D eigenvalue weighted by molar-refractivity contribution is 6.13. The van der Waals surface area contributed by atoms with Gasteiger partial charge in [0.05, 0.1) is 11.5 Å². The van der Waals surface area contributed by atoms with E-state index in [2.05, 4.69) is 20.6 Å².